The van der Waals surface area contributed by atoms with Gasteiger partial charge in [0.1, 0.15) is 6.54 Å². The number of halogens is 3. The van der Waals surface area contributed by atoms with Crippen molar-refractivity contribution in [2.24, 2.45) is 0 Å². The van der Waals surface area contributed by atoms with Gasteiger partial charge in [0.15, 0.2) is 0 Å². The van der Waals surface area contributed by atoms with Gasteiger partial charge in [0.25, 0.3) is 5.91 Å². The molecule has 1 aliphatic rings. The molecule has 3 aromatic rings. The number of para-hydroxylation sites is 1. The predicted molar refractivity (Wildman–Crippen MR) is 107 cm³/mol. The number of hydrogen-bond acceptors (Lipinski definition) is 5. The summed E-state index contributed by atoms with van der Waals surface area (Å²) in [6, 6.07) is 12.4. The molecule has 0 unspecified atom stereocenters. The number of carbonyl (C=O) groups excluding carboxylic acids is 1. The standard InChI is InChI=1S/C20H18F3N5OS/c1-13-9-10-27(16-7-2-3-8-17(16)30-13)18(29)12-28-25-19(24-26-28)14-5-4-6-15(11-14)20(21,22)23/h2-8,11,13H,9-10,12H2,1H3/t13-/m0/s1. The van der Waals surface area contributed by atoms with Crippen molar-refractivity contribution in [1.82, 2.24) is 20.2 Å². The molecular formula is C20H18F3N5OS. The van der Waals surface area contributed by atoms with Crippen LogP contribution in [0.1, 0.15) is 18.9 Å². The Bertz CT molecular complexity index is 1070. The molecule has 0 aliphatic carbocycles. The van der Waals surface area contributed by atoms with E-state index in [-0.39, 0.29) is 23.8 Å². The average Bonchev–Trinajstić information content (AvgIpc) is 3.10. The number of benzene rings is 2. The van der Waals surface area contributed by atoms with Crippen LogP contribution in [0.4, 0.5) is 18.9 Å². The number of nitrogens with zero attached hydrogens (tertiary/aromatic N) is 5. The van der Waals surface area contributed by atoms with E-state index in [2.05, 4.69) is 22.3 Å². The maximum atomic E-state index is 13.0. The monoisotopic (exact) mass is 433 g/mol. The molecule has 0 radical (unpaired) electrons. The van der Waals surface area contributed by atoms with Crippen molar-refractivity contribution in [1.29, 1.82) is 0 Å². The Morgan fingerprint density at radius 2 is 2.00 bits per heavy atom. The molecular weight excluding hydrogens is 415 g/mol. The van der Waals surface area contributed by atoms with Gasteiger partial charge in [-0.1, -0.05) is 31.2 Å². The fourth-order valence-electron chi connectivity index (χ4n) is 3.21. The van der Waals surface area contributed by atoms with Gasteiger partial charge in [0, 0.05) is 22.3 Å². The smallest absolute Gasteiger partial charge is 0.310 e. The maximum Gasteiger partial charge on any atom is 0.416 e. The molecule has 1 aliphatic heterocycles. The molecule has 30 heavy (non-hydrogen) atoms. The lowest BCUT2D eigenvalue weighted by atomic mass is 10.1. The molecule has 0 fully saturated rings. The van der Waals surface area contributed by atoms with Gasteiger partial charge in [0.2, 0.25) is 5.82 Å². The Kier molecular flexibility index (Phi) is 5.50. The molecule has 4 rings (SSSR count). The first-order valence-corrected chi connectivity index (χ1v) is 10.2. The van der Waals surface area contributed by atoms with E-state index < -0.39 is 11.7 Å². The van der Waals surface area contributed by atoms with Crippen molar-refractivity contribution in [3.63, 3.8) is 0 Å². The van der Waals surface area contributed by atoms with E-state index in [0.717, 1.165) is 33.9 Å². The predicted octanol–water partition coefficient (Wildman–Crippen LogP) is 4.28. The summed E-state index contributed by atoms with van der Waals surface area (Å²) in [5.74, 6) is -0.167. The number of carbonyl (C=O) groups is 1. The first-order valence-electron chi connectivity index (χ1n) is 9.33. The van der Waals surface area contributed by atoms with E-state index >= 15 is 0 Å². The van der Waals surface area contributed by atoms with Gasteiger partial charge in [-0.15, -0.1) is 22.0 Å². The zero-order valence-corrected chi connectivity index (χ0v) is 16.8. The quantitative estimate of drug-likeness (QED) is 0.617. The molecule has 6 nitrogen and oxygen atoms in total. The third kappa shape index (κ3) is 4.33. The lowest BCUT2D eigenvalue weighted by Gasteiger charge is -2.22. The lowest BCUT2D eigenvalue weighted by Crippen LogP contribution is -2.35. The van der Waals surface area contributed by atoms with Gasteiger partial charge in [-0.2, -0.15) is 18.0 Å². The second-order valence-corrected chi connectivity index (χ2v) is 8.43. The van der Waals surface area contributed by atoms with Crippen molar-refractivity contribution < 1.29 is 18.0 Å². The first-order chi connectivity index (χ1) is 14.3. The van der Waals surface area contributed by atoms with E-state index in [1.807, 2.05) is 24.3 Å². The van der Waals surface area contributed by atoms with Crippen LogP contribution in [0.2, 0.25) is 0 Å². The number of aromatic nitrogens is 4. The summed E-state index contributed by atoms with van der Waals surface area (Å²) in [6.45, 7) is 2.54. The van der Waals surface area contributed by atoms with E-state index in [9.17, 15) is 18.0 Å². The normalized spacial score (nSPS) is 16.8. The number of rotatable bonds is 3. The molecule has 156 valence electrons. The second kappa shape index (κ2) is 8.10. The van der Waals surface area contributed by atoms with Gasteiger partial charge < -0.3 is 4.90 Å². The number of hydrogen-bond donors (Lipinski definition) is 0. The third-order valence-corrected chi connectivity index (χ3v) is 5.96. The molecule has 0 spiro atoms. The summed E-state index contributed by atoms with van der Waals surface area (Å²) >= 11 is 1.73. The van der Waals surface area contributed by atoms with Crippen molar-refractivity contribution in [3.05, 3.63) is 54.1 Å². The number of amides is 1. The Hall–Kier alpha value is -2.88. The van der Waals surface area contributed by atoms with Crippen LogP contribution in [0.5, 0.6) is 0 Å². The fraction of sp³-hybridized carbons (Fsp3) is 0.300. The van der Waals surface area contributed by atoms with Crippen LogP contribution < -0.4 is 4.90 Å². The number of alkyl halides is 3. The van der Waals surface area contributed by atoms with Crippen molar-refractivity contribution in [2.45, 2.75) is 36.2 Å². The molecule has 0 saturated heterocycles. The summed E-state index contributed by atoms with van der Waals surface area (Å²) in [5, 5.41) is 12.2. The van der Waals surface area contributed by atoms with Crippen LogP contribution in [0.15, 0.2) is 53.4 Å². The summed E-state index contributed by atoms with van der Waals surface area (Å²) in [7, 11) is 0. The molecule has 1 atom stereocenters. The second-order valence-electron chi connectivity index (χ2n) is 6.95. The molecule has 1 aromatic heterocycles. The van der Waals surface area contributed by atoms with Crippen LogP contribution in [0.25, 0.3) is 11.4 Å². The van der Waals surface area contributed by atoms with Crippen LogP contribution in [-0.4, -0.2) is 37.9 Å². The minimum absolute atomic E-state index is 0.0364. The number of anilines is 1. The summed E-state index contributed by atoms with van der Waals surface area (Å²) < 4.78 is 38.8. The van der Waals surface area contributed by atoms with Crippen molar-refractivity contribution >= 4 is 23.4 Å². The van der Waals surface area contributed by atoms with Gasteiger partial charge >= 0.3 is 6.18 Å². The molecule has 10 heteroatoms. The Balaban J connectivity index is 1.54. The van der Waals surface area contributed by atoms with Crippen LogP contribution in [0.3, 0.4) is 0 Å². The van der Waals surface area contributed by atoms with Gasteiger partial charge in [-0.25, -0.2) is 0 Å². The lowest BCUT2D eigenvalue weighted by molar-refractivity contribution is -0.137. The molecule has 0 saturated carbocycles. The molecule has 0 N–H and O–H groups in total. The summed E-state index contributed by atoms with van der Waals surface area (Å²) in [6.07, 6.45) is -3.62. The minimum Gasteiger partial charge on any atom is -0.310 e. The molecule has 2 aromatic carbocycles. The SMILES string of the molecule is C[C@H]1CCN(C(=O)Cn2nnc(-c3cccc(C(F)(F)F)c3)n2)c2ccccc2S1. The van der Waals surface area contributed by atoms with Crippen LogP contribution in [0, 0.1) is 0 Å². The summed E-state index contributed by atoms with van der Waals surface area (Å²) in [5.41, 5.74) is 0.240. The van der Waals surface area contributed by atoms with E-state index in [1.54, 1.807) is 16.7 Å². The van der Waals surface area contributed by atoms with Crippen LogP contribution >= 0.6 is 11.8 Å². The molecule has 1 amide bonds. The largest absolute Gasteiger partial charge is 0.416 e. The van der Waals surface area contributed by atoms with Gasteiger partial charge in [-0.05, 0) is 35.9 Å². The van der Waals surface area contributed by atoms with E-state index in [1.165, 1.54) is 12.1 Å². The molecule has 0 bridgehead atoms. The van der Waals surface area contributed by atoms with E-state index in [4.69, 9.17) is 0 Å². The third-order valence-electron chi connectivity index (χ3n) is 4.72. The van der Waals surface area contributed by atoms with Crippen molar-refractivity contribution in [3.8, 4) is 11.4 Å². The summed E-state index contributed by atoms with van der Waals surface area (Å²) in [4.78, 5) is 16.8. The highest BCUT2D eigenvalue weighted by molar-refractivity contribution is 8.00. The Labute approximate surface area is 175 Å². The highest BCUT2D eigenvalue weighted by atomic mass is 32.2. The fourth-order valence-corrected chi connectivity index (χ4v) is 4.33. The Morgan fingerprint density at radius 1 is 1.20 bits per heavy atom. The van der Waals surface area contributed by atoms with Crippen molar-refractivity contribution in [2.75, 3.05) is 11.4 Å². The Morgan fingerprint density at radius 3 is 2.80 bits per heavy atom. The van der Waals surface area contributed by atoms with Gasteiger partial charge in [0.05, 0.1) is 11.3 Å². The highest BCUT2D eigenvalue weighted by Crippen LogP contribution is 2.37. The average molecular weight is 433 g/mol. The van der Waals surface area contributed by atoms with Gasteiger partial charge in [-0.3, -0.25) is 4.79 Å². The van der Waals surface area contributed by atoms with E-state index in [0.29, 0.717) is 11.8 Å². The number of tetrazole rings is 1. The molecule has 2 heterocycles. The van der Waals surface area contributed by atoms with Crippen LogP contribution in [-0.2, 0) is 17.5 Å². The highest BCUT2D eigenvalue weighted by Gasteiger charge is 2.31. The maximum absolute atomic E-state index is 13.0. The number of fused-ring (bicyclic) bond motifs is 1. The number of thioether (sulfide) groups is 1. The zero-order chi connectivity index (χ0) is 21.3. The zero-order valence-electron chi connectivity index (χ0n) is 16.0. The minimum atomic E-state index is -4.46. The first kappa shape index (κ1) is 20.4. The topological polar surface area (TPSA) is 63.9 Å².